The van der Waals surface area contributed by atoms with Crippen LogP contribution < -0.4 is 11.1 Å². The standard InChI is InChI=1S/C9H14N2O5/c1-2-15-5-6-16-8(13)4-3-7(12)11-9(10)14/h3-4H,2,5-6H2,1H3,(H3,10,11,12,14)/b4-3+. The van der Waals surface area contributed by atoms with E-state index in [1.54, 1.807) is 5.32 Å². The Hall–Kier alpha value is -1.89. The molecule has 3 amide bonds. The Balaban J connectivity index is 3.73. The predicted molar refractivity (Wildman–Crippen MR) is 54.3 cm³/mol. The molecule has 0 saturated heterocycles. The Labute approximate surface area is 92.6 Å². The molecule has 0 atom stereocenters. The van der Waals surface area contributed by atoms with Gasteiger partial charge in [0.25, 0.3) is 5.91 Å². The second kappa shape index (κ2) is 8.42. The third kappa shape index (κ3) is 8.70. The highest BCUT2D eigenvalue weighted by Gasteiger charge is 2.01. The molecule has 0 unspecified atom stereocenters. The first kappa shape index (κ1) is 14.1. The average molecular weight is 230 g/mol. The van der Waals surface area contributed by atoms with Crippen LogP contribution in [0.4, 0.5) is 4.79 Å². The number of hydrogen-bond acceptors (Lipinski definition) is 5. The van der Waals surface area contributed by atoms with Crippen LogP contribution in [0.15, 0.2) is 12.2 Å². The molecule has 7 heteroatoms. The van der Waals surface area contributed by atoms with Crippen molar-refractivity contribution < 1.29 is 23.9 Å². The lowest BCUT2D eigenvalue weighted by Crippen LogP contribution is -2.33. The molecule has 0 heterocycles. The van der Waals surface area contributed by atoms with Crippen LogP contribution in [0.3, 0.4) is 0 Å². The quantitative estimate of drug-likeness (QED) is 0.357. The summed E-state index contributed by atoms with van der Waals surface area (Å²) in [4.78, 5) is 32.0. The molecule has 0 aliphatic carbocycles. The summed E-state index contributed by atoms with van der Waals surface area (Å²) < 4.78 is 9.57. The Morgan fingerprint density at radius 2 is 1.94 bits per heavy atom. The van der Waals surface area contributed by atoms with Crippen LogP contribution in [0.1, 0.15) is 6.92 Å². The van der Waals surface area contributed by atoms with Crippen LogP contribution in [-0.2, 0) is 19.1 Å². The number of nitrogens with one attached hydrogen (secondary N) is 1. The molecular formula is C9H14N2O5. The van der Waals surface area contributed by atoms with Gasteiger partial charge in [-0.25, -0.2) is 9.59 Å². The van der Waals surface area contributed by atoms with Crippen molar-refractivity contribution in [1.82, 2.24) is 5.32 Å². The van der Waals surface area contributed by atoms with Crippen molar-refractivity contribution in [1.29, 1.82) is 0 Å². The summed E-state index contributed by atoms with van der Waals surface area (Å²) in [5, 5.41) is 1.76. The first-order valence-corrected chi connectivity index (χ1v) is 4.59. The normalized spacial score (nSPS) is 10.1. The van der Waals surface area contributed by atoms with Crippen LogP contribution in [-0.4, -0.2) is 37.7 Å². The molecule has 3 N–H and O–H groups in total. The van der Waals surface area contributed by atoms with Crippen LogP contribution in [0.5, 0.6) is 0 Å². The molecule has 16 heavy (non-hydrogen) atoms. The number of imide groups is 1. The first-order valence-electron chi connectivity index (χ1n) is 4.59. The molecule has 0 rings (SSSR count). The lowest BCUT2D eigenvalue weighted by molar-refractivity contribution is -0.139. The maximum absolute atomic E-state index is 10.9. The van der Waals surface area contributed by atoms with Gasteiger partial charge < -0.3 is 15.2 Å². The Morgan fingerprint density at radius 3 is 2.50 bits per heavy atom. The topological polar surface area (TPSA) is 108 Å². The molecule has 90 valence electrons. The molecule has 0 aliphatic heterocycles. The number of urea groups is 1. The zero-order valence-electron chi connectivity index (χ0n) is 8.89. The van der Waals surface area contributed by atoms with Gasteiger partial charge in [0.1, 0.15) is 6.61 Å². The minimum atomic E-state index is -0.987. The number of primary amides is 1. The van der Waals surface area contributed by atoms with E-state index in [1.165, 1.54) is 0 Å². The number of rotatable bonds is 6. The molecule has 0 spiro atoms. The number of ether oxygens (including phenoxy) is 2. The van der Waals surface area contributed by atoms with Crippen molar-refractivity contribution in [2.24, 2.45) is 5.73 Å². The lowest BCUT2D eigenvalue weighted by Gasteiger charge is -2.01. The minimum absolute atomic E-state index is 0.106. The van der Waals surface area contributed by atoms with Crippen LogP contribution in [0, 0.1) is 0 Å². The van der Waals surface area contributed by atoms with Crippen molar-refractivity contribution in [3.05, 3.63) is 12.2 Å². The van der Waals surface area contributed by atoms with Gasteiger partial charge in [0.2, 0.25) is 0 Å². The van der Waals surface area contributed by atoms with Crippen molar-refractivity contribution >= 4 is 17.9 Å². The van der Waals surface area contributed by atoms with Crippen molar-refractivity contribution in [3.8, 4) is 0 Å². The fourth-order valence-corrected chi connectivity index (χ4v) is 0.700. The van der Waals surface area contributed by atoms with E-state index >= 15 is 0 Å². The van der Waals surface area contributed by atoms with Crippen LogP contribution >= 0.6 is 0 Å². The van der Waals surface area contributed by atoms with E-state index in [2.05, 4.69) is 10.5 Å². The Kier molecular flexibility index (Phi) is 7.43. The molecule has 0 aliphatic rings. The molecule has 7 nitrogen and oxygen atoms in total. The second-order valence-corrected chi connectivity index (χ2v) is 2.55. The number of hydrogen-bond donors (Lipinski definition) is 2. The van der Waals surface area contributed by atoms with Gasteiger partial charge in [-0.3, -0.25) is 10.1 Å². The lowest BCUT2D eigenvalue weighted by atomic mass is 10.4. The monoisotopic (exact) mass is 230 g/mol. The smallest absolute Gasteiger partial charge is 0.331 e. The SMILES string of the molecule is CCOCCOC(=O)/C=C/C(=O)NC(N)=O. The summed E-state index contributed by atoms with van der Waals surface area (Å²) >= 11 is 0. The van der Waals surface area contributed by atoms with Crippen LogP contribution in [0.2, 0.25) is 0 Å². The van der Waals surface area contributed by atoms with Crippen molar-refractivity contribution in [3.63, 3.8) is 0 Å². The van der Waals surface area contributed by atoms with Gasteiger partial charge in [0, 0.05) is 18.8 Å². The van der Waals surface area contributed by atoms with E-state index in [9.17, 15) is 14.4 Å². The maximum Gasteiger partial charge on any atom is 0.331 e. The zero-order chi connectivity index (χ0) is 12.4. The van der Waals surface area contributed by atoms with Crippen LogP contribution in [0.25, 0.3) is 0 Å². The summed E-state index contributed by atoms with van der Waals surface area (Å²) in [6.07, 6.45) is 1.75. The molecule has 0 aromatic carbocycles. The molecule has 0 radical (unpaired) electrons. The predicted octanol–water partition coefficient (Wildman–Crippen LogP) is -0.683. The molecule has 0 aromatic heterocycles. The van der Waals surface area contributed by atoms with Crippen molar-refractivity contribution in [2.75, 3.05) is 19.8 Å². The highest BCUT2D eigenvalue weighted by atomic mass is 16.6. The highest BCUT2D eigenvalue weighted by molar-refractivity contribution is 6.02. The molecular weight excluding hydrogens is 216 g/mol. The fourth-order valence-electron chi connectivity index (χ4n) is 0.700. The first-order chi connectivity index (χ1) is 7.56. The van der Waals surface area contributed by atoms with Gasteiger partial charge in [-0.2, -0.15) is 0 Å². The number of carbonyl (C=O) groups is 3. The molecule has 0 aromatic rings. The van der Waals surface area contributed by atoms with Gasteiger partial charge in [-0.05, 0) is 6.92 Å². The third-order valence-corrected chi connectivity index (χ3v) is 1.29. The van der Waals surface area contributed by atoms with E-state index in [0.717, 1.165) is 12.2 Å². The maximum atomic E-state index is 10.9. The van der Waals surface area contributed by atoms with Gasteiger partial charge >= 0.3 is 12.0 Å². The summed E-state index contributed by atoms with van der Waals surface area (Å²) in [7, 11) is 0. The number of carbonyl (C=O) groups excluding carboxylic acids is 3. The summed E-state index contributed by atoms with van der Waals surface area (Å²) in [5.74, 6) is -1.48. The number of esters is 1. The molecule has 0 bridgehead atoms. The van der Waals surface area contributed by atoms with E-state index in [1.807, 2.05) is 6.92 Å². The second-order valence-electron chi connectivity index (χ2n) is 2.55. The van der Waals surface area contributed by atoms with Gasteiger partial charge in [0.05, 0.1) is 6.61 Å². The summed E-state index contributed by atoms with van der Waals surface area (Å²) in [5.41, 5.74) is 4.68. The minimum Gasteiger partial charge on any atom is -0.460 e. The fraction of sp³-hybridized carbons (Fsp3) is 0.444. The highest BCUT2D eigenvalue weighted by Crippen LogP contribution is 1.83. The molecule has 0 saturated carbocycles. The largest absolute Gasteiger partial charge is 0.460 e. The average Bonchev–Trinajstić information content (AvgIpc) is 2.20. The Morgan fingerprint density at radius 1 is 1.25 bits per heavy atom. The summed E-state index contributed by atoms with van der Waals surface area (Å²) in [6, 6.07) is -0.987. The van der Waals surface area contributed by atoms with E-state index in [0.29, 0.717) is 13.2 Å². The Bertz CT molecular complexity index is 288. The summed E-state index contributed by atoms with van der Waals surface area (Å²) in [6.45, 7) is 2.75. The number of amides is 3. The van der Waals surface area contributed by atoms with Gasteiger partial charge in [0.15, 0.2) is 0 Å². The van der Waals surface area contributed by atoms with E-state index in [4.69, 9.17) is 4.74 Å². The van der Waals surface area contributed by atoms with Gasteiger partial charge in [-0.1, -0.05) is 0 Å². The zero-order valence-corrected chi connectivity index (χ0v) is 8.89. The third-order valence-electron chi connectivity index (χ3n) is 1.29. The van der Waals surface area contributed by atoms with Gasteiger partial charge in [-0.15, -0.1) is 0 Å². The van der Waals surface area contributed by atoms with Crippen molar-refractivity contribution in [2.45, 2.75) is 6.92 Å². The number of nitrogens with two attached hydrogens (primary N) is 1. The van der Waals surface area contributed by atoms with E-state index in [-0.39, 0.29) is 6.61 Å². The van der Waals surface area contributed by atoms with E-state index < -0.39 is 17.9 Å². The molecule has 0 fully saturated rings.